The van der Waals surface area contributed by atoms with E-state index in [4.69, 9.17) is 4.74 Å². The molecule has 0 spiro atoms. The summed E-state index contributed by atoms with van der Waals surface area (Å²) in [5.74, 6) is 1.39. The molecule has 0 atom stereocenters. The summed E-state index contributed by atoms with van der Waals surface area (Å²) in [6, 6.07) is 16.6. The van der Waals surface area contributed by atoms with E-state index in [9.17, 15) is 4.79 Å². The van der Waals surface area contributed by atoms with Crippen molar-refractivity contribution >= 4 is 22.8 Å². The van der Waals surface area contributed by atoms with E-state index in [-0.39, 0.29) is 11.5 Å². The van der Waals surface area contributed by atoms with Crippen LogP contribution in [0.1, 0.15) is 5.69 Å². The molecule has 0 amide bonds. The molecule has 7 heteroatoms. The molecule has 0 aliphatic carbocycles. The smallest absolute Gasteiger partial charge is 0.252 e. The highest BCUT2D eigenvalue weighted by Crippen LogP contribution is 2.23. The topological polar surface area (TPSA) is 92.8 Å². The molecular formula is C20H17N5O2. The number of hydrogen-bond donors (Lipinski definition) is 2. The number of aromatic nitrogens is 4. The summed E-state index contributed by atoms with van der Waals surface area (Å²) in [5, 5.41) is 3.90. The molecule has 0 radical (unpaired) electrons. The summed E-state index contributed by atoms with van der Waals surface area (Å²) in [7, 11) is 1.62. The molecule has 0 fully saturated rings. The van der Waals surface area contributed by atoms with Gasteiger partial charge in [0.1, 0.15) is 5.75 Å². The Hall–Kier alpha value is -3.74. The van der Waals surface area contributed by atoms with Gasteiger partial charge in [-0.05, 0) is 25.1 Å². The Morgan fingerprint density at radius 2 is 1.81 bits per heavy atom. The maximum absolute atomic E-state index is 12.0. The Morgan fingerprint density at radius 3 is 2.59 bits per heavy atom. The molecule has 2 N–H and O–H groups in total. The van der Waals surface area contributed by atoms with Crippen LogP contribution in [0.15, 0.2) is 59.4 Å². The van der Waals surface area contributed by atoms with Crippen molar-refractivity contribution in [3.05, 3.63) is 70.6 Å². The average Bonchev–Trinajstić information content (AvgIpc) is 2.68. The number of ether oxygens (including phenoxy) is 1. The third kappa shape index (κ3) is 3.48. The maximum Gasteiger partial charge on any atom is 0.252 e. The number of aromatic amines is 1. The second kappa shape index (κ2) is 6.87. The summed E-state index contributed by atoms with van der Waals surface area (Å²) >= 11 is 0. The van der Waals surface area contributed by atoms with Crippen molar-refractivity contribution in [1.82, 2.24) is 19.9 Å². The normalized spacial score (nSPS) is 10.7. The molecule has 2 aromatic heterocycles. The molecule has 4 aromatic rings. The zero-order valence-corrected chi connectivity index (χ0v) is 14.9. The second-order valence-electron chi connectivity index (χ2n) is 5.99. The predicted octanol–water partition coefficient (Wildman–Crippen LogP) is 3.44. The standard InChI is InChI=1S/C20H17N5O2/c1-12-15-10-14(27-2)8-9-16(15)22-19(21-12)25-20-23-17(11-18(26)24-20)13-6-4-3-5-7-13/h3-11H,1-2H3,(H2,21,22,23,24,25,26). The van der Waals surface area contributed by atoms with Crippen LogP contribution >= 0.6 is 0 Å². The average molecular weight is 359 g/mol. The first-order valence-corrected chi connectivity index (χ1v) is 8.38. The zero-order chi connectivity index (χ0) is 18.8. The Balaban J connectivity index is 1.72. The molecule has 2 aromatic carbocycles. The van der Waals surface area contributed by atoms with E-state index < -0.39 is 0 Å². The number of fused-ring (bicyclic) bond motifs is 1. The Kier molecular flexibility index (Phi) is 4.25. The fourth-order valence-corrected chi connectivity index (χ4v) is 2.82. The maximum atomic E-state index is 12.0. The fourth-order valence-electron chi connectivity index (χ4n) is 2.82. The molecule has 134 valence electrons. The van der Waals surface area contributed by atoms with Crippen molar-refractivity contribution in [1.29, 1.82) is 0 Å². The van der Waals surface area contributed by atoms with Crippen LogP contribution in [0.3, 0.4) is 0 Å². The lowest BCUT2D eigenvalue weighted by Gasteiger charge is -2.09. The minimum Gasteiger partial charge on any atom is -0.497 e. The molecule has 0 saturated carbocycles. The van der Waals surface area contributed by atoms with E-state index in [1.807, 2.05) is 55.5 Å². The molecule has 0 bridgehead atoms. The molecule has 0 aliphatic heterocycles. The van der Waals surface area contributed by atoms with Gasteiger partial charge in [-0.25, -0.2) is 15.0 Å². The molecule has 0 saturated heterocycles. The van der Waals surface area contributed by atoms with Gasteiger partial charge >= 0.3 is 0 Å². The van der Waals surface area contributed by atoms with Crippen molar-refractivity contribution in [2.75, 3.05) is 12.4 Å². The van der Waals surface area contributed by atoms with Gasteiger partial charge in [-0.2, -0.15) is 0 Å². The van der Waals surface area contributed by atoms with E-state index in [2.05, 4.69) is 25.3 Å². The molecular weight excluding hydrogens is 342 g/mol. The van der Waals surface area contributed by atoms with E-state index in [1.54, 1.807) is 7.11 Å². The largest absolute Gasteiger partial charge is 0.497 e. The first-order valence-electron chi connectivity index (χ1n) is 8.38. The quantitative estimate of drug-likeness (QED) is 0.580. The fraction of sp³-hybridized carbons (Fsp3) is 0.100. The van der Waals surface area contributed by atoms with Gasteiger partial charge in [-0.3, -0.25) is 15.1 Å². The van der Waals surface area contributed by atoms with E-state index in [0.717, 1.165) is 27.9 Å². The Bertz CT molecular complexity index is 1170. The van der Waals surface area contributed by atoms with Crippen LogP contribution in [0.2, 0.25) is 0 Å². The van der Waals surface area contributed by atoms with Crippen LogP contribution in [-0.2, 0) is 0 Å². The first-order chi connectivity index (χ1) is 13.1. The van der Waals surface area contributed by atoms with Crippen molar-refractivity contribution < 1.29 is 4.74 Å². The number of aryl methyl sites for hydroxylation is 1. The van der Waals surface area contributed by atoms with E-state index in [0.29, 0.717) is 11.6 Å². The number of H-pyrrole nitrogens is 1. The van der Waals surface area contributed by atoms with Crippen molar-refractivity contribution in [3.8, 4) is 17.0 Å². The third-order valence-electron chi connectivity index (χ3n) is 4.13. The summed E-state index contributed by atoms with van der Waals surface area (Å²) in [4.78, 5) is 28.1. The molecule has 27 heavy (non-hydrogen) atoms. The van der Waals surface area contributed by atoms with Gasteiger partial charge in [0.25, 0.3) is 5.56 Å². The van der Waals surface area contributed by atoms with Crippen LogP contribution in [0.4, 0.5) is 11.9 Å². The molecule has 7 nitrogen and oxygen atoms in total. The number of nitrogens with zero attached hydrogens (tertiary/aromatic N) is 3. The number of nitrogens with one attached hydrogen (secondary N) is 2. The van der Waals surface area contributed by atoms with Gasteiger partial charge in [0.2, 0.25) is 11.9 Å². The SMILES string of the molecule is COc1ccc2nc(Nc3nc(-c4ccccc4)cc(=O)[nH]3)nc(C)c2c1. The van der Waals surface area contributed by atoms with E-state index >= 15 is 0 Å². The number of rotatable bonds is 4. The van der Waals surface area contributed by atoms with Crippen molar-refractivity contribution in [2.24, 2.45) is 0 Å². The van der Waals surface area contributed by atoms with Crippen LogP contribution in [-0.4, -0.2) is 27.0 Å². The minimum absolute atomic E-state index is 0.256. The van der Waals surface area contributed by atoms with Gasteiger partial charge in [0.15, 0.2) is 0 Å². The molecule has 0 aliphatic rings. The van der Waals surface area contributed by atoms with Crippen LogP contribution in [0.5, 0.6) is 5.75 Å². The van der Waals surface area contributed by atoms with E-state index in [1.165, 1.54) is 6.07 Å². The van der Waals surface area contributed by atoms with Gasteiger partial charge in [0, 0.05) is 17.0 Å². The van der Waals surface area contributed by atoms with Crippen molar-refractivity contribution in [3.63, 3.8) is 0 Å². The lowest BCUT2D eigenvalue weighted by molar-refractivity contribution is 0.415. The third-order valence-corrected chi connectivity index (χ3v) is 4.13. The number of methoxy groups -OCH3 is 1. The summed E-state index contributed by atoms with van der Waals surface area (Å²) in [6.45, 7) is 1.89. The molecule has 4 rings (SSSR count). The number of benzene rings is 2. The Labute approximate surface area is 155 Å². The lowest BCUT2D eigenvalue weighted by atomic mass is 10.1. The van der Waals surface area contributed by atoms with Crippen LogP contribution in [0, 0.1) is 6.92 Å². The first kappa shape index (κ1) is 16.7. The molecule has 2 heterocycles. The van der Waals surface area contributed by atoms with Gasteiger partial charge in [-0.15, -0.1) is 0 Å². The highest BCUT2D eigenvalue weighted by Gasteiger charge is 2.09. The minimum atomic E-state index is -0.256. The predicted molar refractivity (Wildman–Crippen MR) is 104 cm³/mol. The van der Waals surface area contributed by atoms with Crippen LogP contribution in [0.25, 0.3) is 22.2 Å². The summed E-state index contributed by atoms with van der Waals surface area (Å²) < 4.78 is 5.25. The summed E-state index contributed by atoms with van der Waals surface area (Å²) in [6.07, 6.45) is 0. The lowest BCUT2D eigenvalue weighted by Crippen LogP contribution is -2.12. The van der Waals surface area contributed by atoms with Gasteiger partial charge in [-0.1, -0.05) is 30.3 Å². The second-order valence-corrected chi connectivity index (χ2v) is 5.99. The van der Waals surface area contributed by atoms with Crippen molar-refractivity contribution in [2.45, 2.75) is 6.92 Å². The van der Waals surface area contributed by atoms with Gasteiger partial charge < -0.3 is 4.74 Å². The zero-order valence-electron chi connectivity index (χ0n) is 14.9. The monoisotopic (exact) mass is 359 g/mol. The number of anilines is 2. The molecule has 0 unspecified atom stereocenters. The highest BCUT2D eigenvalue weighted by molar-refractivity contribution is 5.83. The Morgan fingerprint density at radius 1 is 1.00 bits per heavy atom. The summed E-state index contributed by atoms with van der Waals surface area (Å²) in [5.41, 5.74) is 2.74. The van der Waals surface area contributed by atoms with Crippen LogP contribution < -0.4 is 15.6 Å². The highest BCUT2D eigenvalue weighted by atomic mass is 16.5. The van der Waals surface area contributed by atoms with Gasteiger partial charge in [0.05, 0.1) is 24.0 Å². The number of hydrogen-bond acceptors (Lipinski definition) is 6.